The lowest BCUT2D eigenvalue weighted by molar-refractivity contribution is -0.0768. The molecule has 3 atom stereocenters. The summed E-state index contributed by atoms with van der Waals surface area (Å²) in [5, 5.41) is 13.7. The number of rotatable bonds is 4. The molecule has 0 aliphatic heterocycles. The maximum Gasteiger partial charge on any atom is 0.0621 e. The molecule has 0 bridgehead atoms. The maximum atomic E-state index is 9.88. The van der Waals surface area contributed by atoms with E-state index in [4.69, 9.17) is 0 Å². The fourth-order valence-electron chi connectivity index (χ4n) is 3.11. The van der Waals surface area contributed by atoms with Gasteiger partial charge >= 0.3 is 0 Å². The second-order valence-corrected chi connectivity index (χ2v) is 7.02. The zero-order valence-electron chi connectivity index (χ0n) is 12.2. The third kappa shape index (κ3) is 2.44. The Morgan fingerprint density at radius 1 is 1.21 bits per heavy atom. The van der Waals surface area contributed by atoms with E-state index in [1.807, 2.05) is 0 Å². The van der Waals surface area contributed by atoms with Gasteiger partial charge in [0.05, 0.1) is 6.10 Å². The Labute approximate surface area is 116 Å². The quantitative estimate of drug-likeness (QED) is 0.870. The Morgan fingerprint density at radius 3 is 2.32 bits per heavy atom. The number of benzene rings is 1. The average molecular weight is 259 g/mol. The molecule has 19 heavy (non-hydrogen) atoms. The van der Waals surface area contributed by atoms with Crippen molar-refractivity contribution in [1.82, 2.24) is 5.32 Å². The average Bonchev–Trinajstić information content (AvgIpc) is 3.20. The van der Waals surface area contributed by atoms with Crippen molar-refractivity contribution in [2.75, 3.05) is 0 Å². The Balaban J connectivity index is 1.74. The molecule has 2 aliphatic carbocycles. The minimum atomic E-state index is -0.150. The Kier molecular flexibility index (Phi) is 3.18. The molecule has 0 saturated heterocycles. The molecule has 0 radical (unpaired) electrons. The number of nitrogens with one attached hydrogen (secondary N) is 1. The molecular weight excluding hydrogens is 234 g/mol. The molecule has 1 aromatic rings. The van der Waals surface area contributed by atoms with Crippen LogP contribution in [0.2, 0.25) is 0 Å². The van der Waals surface area contributed by atoms with Gasteiger partial charge in [-0.15, -0.1) is 0 Å². The summed E-state index contributed by atoms with van der Waals surface area (Å²) in [6.45, 7) is 6.46. The van der Waals surface area contributed by atoms with Gasteiger partial charge in [-0.1, -0.05) is 43.7 Å². The summed E-state index contributed by atoms with van der Waals surface area (Å²) >= 11 is 0. The van der Waals surface area contributed by atoms with Crippen LogP contribution in [0.5, 0.6) is 0 Å². The van der Waals surface area contributed by atoms with Crippen LogP contribution in [0.4, 0.5) is 0 Å². The van der Waals surface area contributed by atoms with Gasteiger partial charge in [-0.2, -0.15) is 0 Å². The summed E-state index contributed by atoms with van der Waals surface area (Å²) in [6, 6.07) is 9.83. The Morgan fingerprint density at radius 2 is 1.84 bits per heavy atom. The van der Waals surface area contributed by atoms with Crippen molar-refractivity contribution in [3.63, 3.8) is 0 Å². The standard InChI is InChI=1S/C17H25NO/c1-11-4-6-12(7-5-11)16(13-8-9-13)18-14-10-15(19)17(14,2)3/h4-7,13-16,18-19H,8-10H2,1-3H3. The Hall–Kier alpha value is -0.860. The highest BCUT2D eigenvalue weighted by molar-refractivity contribution is 5.26. The molecule has 104 valence electrons. The minimum absolute atomic E-state index is 0.0117. The van der Waals surface area contributed by atoms with Gasteiger partial charge in [0, 0.05) is 17.5 Å². The van der Waals surface area contributed by atoms with E-state index in [0.29, 0.717) is 12.1 Å². The van der Waals surface area contributed by atoms with Gasteiger partial charge in [-0.05, 0) is 37.7 Å². The monoisotopic (exact) mass is 259 g/mol. The van der Waals surface area contributed by atoms with E-state index in [0.717, 1.165) is 12.3 Å². The van der Waals surface area contributed by atoms with E-state index < -0.39 is 0 Å². The van der Waals surface area contributed by atoms with E-state index in [-0.39, 0.29) is 11.5 Å². The van der Waals surface area contributed by atoms with Crippen LogP contribution in [-0.4, -0.2) is 17.3 Å². The highest BCUT2D eigenvalue weighted by Crippen LogP contribution is 2.46. The molecule has 0 amide bonds. The topological polar surface area (TPSA) is 32.3 Å². The van der Waals surface area contributed by atoms with Crippen molar-refractivity contribution >= 4 is 0 Å². The molecule has 2 nitrogen and oxygen atoms in total. The van der Waals surface area contributed by atoms with Gasteiger partial charge < -0.3 is 10.4 Å². The first-order chi connectivity index (χ1) is 8.98. The third-order valence-corrected chi connectivity index (χ3v) is 5.13. The van der Waals surface area contributed by atoms with Crippen molar-refractivity contribution in [2.24, 2.45) is 11.3 Å². The summed E-state index contributed by atoms with van der Waals surface area (Å²) < 4.78 is 0. The fourth-order valence-corrected chi connectivity index (χ4v) is 3.11. The van der Waals surface area contributed by atoms with Gasteiger partial charge in [-0.25, -0.2) is 0 Å². The first kappa shape index (κ1) is 13.1. The first-order valence-electron chi connectivity index (χ1n) is 7.49. The smallest absolute Gasteiger partial charge is 0.0621 e. The van der Waals surface area contributed by atoms with Crippen LogP contribution in [-0.2, 0) is 0 Å². The molecule has 3 rings (SSSR count). The summed E-state index contributed by atoms with van der Waals surface area (Å²) in [4.78, 5) is 0. The maximum absolute atomic E-state index is 9.88. The zero-order valence-corrected chi connectivity index (χ0v) is 12.2. The van der Waals surface area contributed by atoms with Gasteiger partial charge in [0.1, 0.15) is 0 Å². The molecule has 2 fully saturated rings. The Bertz CT molecular complexity index is 447. The number of aliphatic hydroxyl groups is 1. The number of hydrogen-bond donors (Lipinski definition) is 2. The lowest BCUT2D eigenvalue weighted by Crippen LogP contribution is -2.60. The normalized spacial score (nSPS) is 30.7. The summed E-state index contributed by atoms with van der Waals surface area (Å²) in [6.07, 6.45) is 3.41. The van der Waals surface area contributed by atoms with Crippen LogP contribution in [0.1, 0.15) is 50.3 Å². The van der Waals surface area contributed by atoms with Gasteiger partial charge in [0.2, 0.25) is 0 Å². The van der Waals surface area contributed by atoms with Crippen molar-refractivity contribution in [2.45, 2.75) is 58.2 Å². The summed E-state index contributed by atoms with van der Waals surface area (Å²) in [5.74, 6) is 0.788. The number of hydrogen-bond acceptors (Lipinski definition) is 2. The van der Waals surface area contributed by atoms with Crippen molar-refractivity contribution in [3.8, 4) is 0 Å². The lowest BCUT2D eigenvalue weighted by atomic mass is 9.64. The molecule has 0 aromatic heterocycles. The van der Waals surface area contributed by atoms with Crippen molar-refractivity contribution in [3.05, 3.63) is 35.4 Å². The van der Waals surface area contributed by atoms with E-state index in [2.05, 4.69) is 50.4 Å². The minimum Gasteiger partial charge on any atom is -0.392 e. The summed E-state index contributed by atoms with van der Waals surface area (Å²) in [7, 11) is 0. The van der Waals surface area contributed by atoms with E-state index in [9.17, 15) is 5.11 Å². The molecule has 2 saturated carbocycles. The molecule has 0 spiro atoms. The fraction of sp³-hybridized carbons (Fsp3) is 0.647. The van der Waals surface area contributed by atoms with Crippen LogP contribution in [0, 0.1) is 18.3 Å². The highest BCUT2D eigenvalue weighted by atomic mass is 16.3. The van der Waals surface area contributed by atoms with E-state index in [1.165, 1.54) is 24.0 Å². The predicted molar refractivity (Wildman–Crippen MR) is 78.0 cm³/mol. The van der Waals surface area contributed by atoms with Gasteiger partial charge in [-0.3, -0.25) is 0 Å². The van der Waals surface area contributed by atoms with Gasteiger partial charge in [0.25, 0.3) is 0 Å². The highest BCUT2D eigenvalue weighted by Gasteiger charge is 2.49. The number of aliphatic hydroxyl groups excluding tert-OH is 1. The SMILES string of the molecule is Cc1ccc(C(NC2CC(O)C2(C)C)C2CC2)cc1. The molecule has 0 heterocycles. The second-order valence-electron chi connectivity index (χ2n) is 7.02. The molecule has 3 unspecified atom stereocenters. The predicted octanol–water partition coefficient (Wildman–Crippen LogP) is 3.20. The van der Waals surface area contributed by atoms with Crippen LogP contribution < -0.4 is 5.32 Å². The van der Waals surface area contributed by atoms with Crippen LogP contribution in [0.25, 0.3) is 0 Å². The molecule has 1 aromatic carbocycles. The summed E-state index contributed by atoms with van der Waals surface area (Å²) in [5.41, 5.74) is 2.74. The largest absolute Gasteiger partial charge is 0.392 e. The van der Waals surface area contributed by atoms with Crippen LogP contribution in [0.3, 0.4) is 0 Å². The zero-order chi connectivity index (χ0) is 13.6. The third-order valence-electron chi connectivity index (χ3n) is 5.13. The molecule has 2 heteroatoms. The van der Waals surface area contributed by atoms with Crippen LogP contribution >= 0.6 is 0 Å². The molecular formula is C17H25NO. The van der Waals surface area contributed by atoms with Gasteiger partial charge in [0.15, 0.2) is 0 Å². The van der Waals surface area contributed by atoms with E-state index >= 15 is 0 Å². The second kappa shape index (κ2) is 4.60. The first-order valence-corrected chi connectivity index (χ1v) is 7.49. The number of aryl methyl sites for hydroxylation is 1. The van der Waals surface area contributed by atoms with Crippen molar-refractivity contribution in [1.29, 1.82) is 0 Å². The van der Waals surface area contributed by atoms with Crippen molar-refractivity contribution < 1.29 is 5.11 Å². The lowest BCUT2D eigenvalue weighted by Gasteiger charge is -2.51. The van der Waals surface area contributed by atoms with Crippen LogP contribution in [0.15, 0.2) is 24.3 Å². The molecule has 2 aliphatic rings. The molecule has 2 N–H and O–H groups in total. The van der Waals surface area contributed by atoms with E-state index in [1.54, 1.807) is 0 Å².